The molecule has 1 heterocycles. The number of hydroxylamine groups is 1. The summed E-state index contributed by atoms with van der Waals surface area (Å²) >= 11 is 0. The fraction of sp³-hybridized carbons (Fsp3) is 0.368. The predicted molar refractivity (Wildman–Crippen MR) is 90.3 cm³/mol. The second kappa shape index (κ2) is 7.38. The molecule has 0 saturated carbocycles. The summed E-state index contributed by atoms with van der Waals surface area (Å²) in [6.45, 7) is 3.43. The van der Waals surface area contributed by atoms with Crippen LogP contribution in [0.3, 0.4) is 0 Å². The van der Waals surface area contributed by atoms with Crippen molar-refractivity contribution in [3.63, 3.8) is 0 Å². The van der Waals surface area contributed by atoms with Gasteiger partial charge in [-0.1, -0.05) is 30.3 Å². The molecule has 3 nitrogen and oxygen atoms in total. The molecule has 5 heteroatoms. The zero-order valence-corrected chi connectivity index (χ0v) is 13.6. The molecule has 0 bridgehead atoms. The van der Waals surface area contributed by atoms with Gasteiger partial charge in [0, 0.05) is 24.5 Å². The average molecular weight is 331 g/mol. The second-order valence-corrected chi connectivity index (χ2v) is 6.40. The Hall–Kier alpha value is -1.82. The predicted octanol–water partition coefficient (Wildman–Crippen LogP) is 3.80. The Balaban J connectivity index is 1.80. The molecule has 0 amide bonds. The van der Waals surface area contributed by atoms with Gasteiger partial charge < -0.3 is 10.7 Å². The fourth-order valence-electron chi connectivity index (χ4n) is 3.62. The van der Waals surface area contributed by atoms with Gasteiger partial charge in [0.25, 0.3) is 0 Å². The maximum atomic E-state index is 14.1. The minimum atomic E-state index is -0.476. The van der Waals surface area contributed by atoms with Crippen LogP contribution in [-0.4, -0.2) is 23.5 Å². The molecule has 3 rings (SSSR count). The van der Waals surface area contributed by atoms with Crippen molar-refractivity contribution in [2.24, 2.45) is 0 Å². The monoisotopic (exact) mass is 331 g/mol. The van der Waals surface area contributed by atoms with Crippen LogP contribution >= 0.6 is 0 Å². The highest BCUT2D eigenvalue weighted by atomic mass is 19.1. The fourth-order valence-corrected chi connectivity index (χ4v) is 3.62. The maximum absolute atomic E-state index is 14.1. The highest BCUT2D eigenvalue weighted by Gasteiger charge is 2.35. The van der Waals surface area contributed by atoms with E-state index in [0.717, 1.165) is 25.2 Å². The Morgan fingerprint density at radius 1 is 1.17 bits per heavy atom. The zero-order chi connectivity index (χ0) is 17.1. The number of halogens is 2. The molecule has 3 atom stereocenters. The SMILES string of the molecule is CC1[C@H](N[O-])[C@@H](c2cc(F)ccc2F)CCN1Cc1ccccc1. The van der Waals surface area contributed by atoms with Crippen LogP contribution in [0.25, 0.3) is 0 Å². The lowest BCUT2D eigenvalue weighted by atomic mass is 9.81. The Labute approximate surface area is 140 Å². The van der Waals surface area contributed by atoms with Gasteiger partial charge >= 0.3 is 0 Å². The Kier molecular flexibility index (Phi) is 5.23. The maximum Gasteiger partial charge on any atom is 0.126 e. The molecule has 2 aromatic carbocycles. The van der Waals surface area contributed by atoms with Gasteiger partial charge in [-0.2, -0.15) is 0 Å². The van der Waals surface area contributed by atoms with Gasteiger partial charge in [0.05, 0.1) is 0 Å². The summed E-state index contributed by atoms with van der Waals surface area (Å²) in [6.07, 6.45) is 0.609. The lowest BCUT2D eigenvalue weighted by molar-refractivity contribution is 0.106. The number of hydrogen-bond acceptors (Lipinski definition) is 3. The molecule has 24 heavy (non-hydrogen) atoms. The van der Waals surface area contributed by atoms with Gasteiger partial charge in [-0.05, 0) is 49.2 Å². The van der Waals surface area contributed by atoms with Crippen molar-refractivity contribution in [3.8, 4) is 0 Å². The van der Waals surface area contributed by atoms with Crippen LogP contribution in [0.15, 0.2) is 48.5 Å². The molecule has 128 valence electrons. The van der Waals surface area contributed by atoms with E-state index in [4.69, 9.17) is 0 Å². The lowest BCUT2D eigenvalue weighted by Crippen LogP contribution is -2.54. The first-order valence-electron chi connectivity index (χ1n) is 8.20. The zero-order valence-electron chi connectivity index (χ0n) is 13.6. The third-order valence-corrected chi connectivity index (χ3v) is 4.98. The van der Waals surface area contributed by atoms with Gasteiger partial charge in [0.15, 0.2) is 0 Å². The van der Waals surface area contributed by atoms with Crippen LogP contribution in [0.1, 0.15) is 30.4 Å². The first-order chi connectivity index (χ1) is 11.6. The second-order valence-electron chi connectivity index (χ2n) is 6.40. The quantitative estimate of drug-likeness (QED) is 0.866. The van der Waals surface area contributed by atoms with Gasteiger partial charge in [-0.3, -0.25) is 4.90 Å². The number of rotatable bonds is 4. The number of nitrogens with zero attached hydrogens (tertiary/aromatic N) is 1. The lowest BCUT2D eigenvalue weighted by Gasteiger charge is -2.46. The molecule has 1 aliphatic rings. The molecule has 1 unspecified atom stereocenters. The van der Waals surface area contributed by atoms with Crippen molar-refractivity contribution in [3.05, 3.63) is 76.5 Å². The van der Waals surface area contributed by atoms with E-state index < -0.39 is 17.7 Å². The van der Waals surface area contributed by atoms with Gasteiger partial charge in [-0.25, -0.2) is 8.78 Å². The first-order valence-corrected chi connectivity index (χ1v) is 8.20. The average Bonchev–Trinajstić information content (AvgIpc) is 2.59. The van der Waals surface area contributed by atoms with Gasteiger partial charge in [0.2, 0.25) is 0 Å². The van der Waals surface area contributed by atoms with E-state index in [1.54, 1.807) is 0 Å². The molecule has 1 saturated heterocycles. The summed E-state index contributed by atoms with van der Waals surface area (Å²) in [5.41, 5.74) is 3.54. The van der Waals surface area contributed by atoms with Crippen molar-refractivity contribution in [2.75, 3.05) is 6.54 Å². The number of piperidine rings is 1. The molecular formula is C19H21F2N2O-. The summed E-state index contributed by atoms with van der Waals surface area (Å²) in [7, 11) is 0. The van der Waals surface area contributed by atoms with Gasteiger partial charge in [0.1, 0.15) is 11.6 Å². The van der Waals surface area contributed by atoms with Crippen LogP contribution in [0.4, 0.5) is 8.78 Å². The van der Waals surface area contributed by atoms with Gasteiger partial charge in [-0.15, -0.1) is 0 Å². The molecular weight excluding hydrogens is 310 g/mol. The Bertz CT molecular complexity index is 680. The summed E-state index contributed by atoms with van der Waals surface area (Å²) in [6, 6.07) is 12.9. The summed E-state index contributed by atoms with van der Waals surface area (Å²) in [4.78, 5) is 2.21. The van der Waals surface area contributed by atoms with E-state index in [1.807, 2.05) is 37.3 Å². The Morgan fingerprint density at radius 2 is 1.92 bits per heavy atom. The van der Waals surface area contributed by atoms with Crippen molar-refractivity contribution < 1.29 is 8.78 Å². The van der Waals surface area contributed by atoms with Crippen LogP contribution < -0.4 is 5.48 Å². The first kappa shape index (κ1) is 17.0. The molecule has 0 aromatic heterocycles. The minimum Gasteiger partial charge on any atom is -0.787 e. The van der Waals surface area contributed by atoms with Crippen molar-refractivity contribution in [1.29, 1.82) is 0 Å². The molecule has 0 aliphatic carbocycles. The summed E-state index contributed by atoms with van der Waals surface area (Å²) in [5.74, 6) is -1.26. The number of nitrogens with one attached hydrogen (secondary N) is 1. The number of hydrogen-bond donors (Lipinski definition) is 1. The number of benzene rings is 2. The van der Waals surface area contributed by atoms with E-state index in [0.29, 0.717) is 6.42 Å². The highest BCUT2D eigenvalue weighted by Crippen LogP contribution is 2.34. The normalized spacial score (nSPS) is 24.9. The van der Waals surface area contributed by atoms with Crippen LogP contribution in [0, 0.1) is 16.8 Å². The molecule has 0 radical (unpaired) electrons. The van der Waals surface area contributed by atoms with Crippen molar-refractivity contribution in [1.82, 2.24) is 10.4 Å². The minimum absolute atomic E-state index is 0.0795. The summed E-state index contributed by atoms with van der Waals surface area (Å²) < 4.78 is 27.6. The van der Waals surface area contributed by atoms with Crippen LogP contribution in [0.2, 0.25) is 0 Å². The standard InChI is InChI=1S/C19H21F2N2O/c1-13-19(22-24)16(17-11-15(20)7-8-18(17)21)9-10-23(13)12-14-5-3-2-4-6-14/h2-8,11,13,16,19,22H,9-10,12H2,1H3/q-1/t13?,16-,19+/m1/s1. The smallest absolute Gasteiger partial charge is 0.126 e. The summed E-state index contributed by atoms with van der Waals surface area (Å²) in [5, 5.41) is 11.6. The van der Waals surface area contributed by atoms with Crippen LogP contribution in [-0.2, 0) is 6.54 Å². The largest absolute Gasteiger partial charge is 0.787 e. The van der Waals surface area contributed by atoms with E-state index in [2.05, 4.69) is 10.4 Å². The topological polar surface area (TPSA) is 38.3 Å². The highest BCUT2D eigenvalue weighted by molar-refractivity contribution is 5.26. The van der Waals surface area contributed by atoms with E-state index >= 15 is 0 Å². The van der Waals surface area contributed by atoms with E-state index in [-0.39, 0.29) is 17.5 Å². The number of likely N-dealkylation sites (tertiary alicyclic amines) is 1. The third kappa shape index (κ3) is 3.48. The Morgan fingerprint density at radius 3 is 2.62 bits per heavy atom. The molecule has 0 spiro atoms. The van der Waals surface area contributed by atoms with E-state index in [1.165, 1.54) is 11.6 Å². The van der Waals surface area contributed by atoms with Crippen molar-refractivity contribution >= 4 is 0 Å². The molecule has 1 N–H and O–H groups in total. The third-order valence-electron chi connectivity index (χ3n) is 4.98. The van der Waals surface area contributed by atoms with Crippen LogP contribution in [0.5, 0.6) is 0 Å². The van der Waals surface area contributed by atoms with Crippen molar-refractivity contribution in [2.45, 2.75) is 37.9 Å². The van der Waals surface area contributed by atoms with E-state index in [9.17, 15) is 14.0 Å². The molecule has 2 aromatic rings. The molecule has 1 aliphatic heterocycles. The molecule has 1 fully saturated rings.